The van der Waals surface area contributed by atoms with Gasteiger partial charge in [0.2, 0.25) is 0 Å². The lowest BCUT2D eigenvalue weighted by molar-refractivity contribution is 0.0658. The minimum Gasteiger partial charge on any atom is -0.497 e. The quantitative estimate of drug-likeness (QED) is 0.189. The topological polar surface area (TPSA) is 18.5 Å². The van der Waals surface area contributed by atoms with Crippen molar-refractivity contribution in [2.24, 2.45) is 0 Å². The zero-order valence-electron chi connectivity index (χ0n) is 18.1. The summed E-state index contributed by atoms with van der Waals surface area (Å²) in [6, 6.07) is 29.0. The van der Waals surface area contributed by atoms with Gasteiger partial charge in [-0.25, -0.2) is 0 Å². The molecule has 2 heteroatoms. The number of ether oxygens (including phenoxy) is 2. The van der Waals surface area contributed by atoms with Gasteiger partial charge in [0, 0.05) is 23.1 Å². The highest BCUT2D eigenvalue weighted by molar-refractivity contribution is 5.49. The van der Waals surface area contributed by atoms with Crippen LogP contribution >= 0.6 is 0 Å². The summed E-state index contributed by atoms with van der Waals surface area (Å²) in [4.78, 5) is 0. The van der Waals surface area contributed by atoms with Crippen molar-refractivity contribution in [2.45, 2.75) is 44.6 Å². The second-order valence-corrected chi connectivity index (χ2v) is 7.59. The van der Waals surface area contributed by atoms with Crippen LogP contribution in [0.2, 0.25) is 0 Å². The lowest BCUT2D eigenvalue weighted by Crippen LogP contribution is -2.32. The van der Waals surface area contributed by atoms with Gasteiger partial charge in [0.15, 0.2) is 5.60 Å². The van der Waals surface area contributed by atoms with E-state index in [2.05, 4.69) is 74.2 Å². The Balaban J connectivity index is 2.08. The van der Waals surface area contributed by atoms with Crippen LogP contribution in [0.15, 0.2) is 97.3 Å². The van der Waals surface area contributed by atoms with Gasteiger partial charge in [0.05, 0.1) is 12.9 Å². The van der Waals surface area contributed by atoms with Crippen LogP contribution in [0.25, 0.3) is 0 Å². The largest absolute Gasteiger partial charge is 0.497 e. The highest BCUT2D eigenvalue weighted by Gasteiger charge is 2.39. The molecule has 0 aliphatic heterocycles. The van der Waals surface area contributed by atoms with E-state index in [1.165, 1.54) is 19.3 Å². The van der Waals surface area contributed by atoms with E-state index >= 15 is 0 Å². The van der Waals surface area contributed by atoms with Gasteiger partial charge in [0.1, 0.15) is 5.75 Å². The summed E-state index contributed by atoms with van der Waals surface area (Å²) < 4.78 is 12.2. The molecular weight excluding hydrogens is 368 g/mol. The number of rotatable bonds is 11. The third kappa shape index (κ3) is 4.94. The van der Waals surface area contributed by atoms with Crippen molar-refractivity contribution in [2.75, 3.05) is 7.11 Å². The summed E-state index contributed by atoms with van der Waals surface area (Å²) in [7, 11) is 1.69. The molecule has 3 aromatic carbocycles. The average molecular weight is 401 g/mol. The number of hydrogen-bond acceptors (Lipinski definition) is 2. The van der Waals surface area contributed by atoms with E-state index in [0.29, 0.717) is 0 Å². The molecule has 0 bridgehead atoms. The lowest BCUT2D eigenvalue weighted by Gasteiger charge is -2.37. The van der Waals surface area contributed by atoms with E-state index in [1.54, 1.807) is 7.11 Å². The van der Waals surface area contributed by atoms with Crippen molar-refractivity contribution >= 4 is 0 Å². The van der Waals surface area contributed by atoms with Gasteiger partial charge in [-0.3, -0.25) is 0 Å². The summed E-state index contributed by atoms with van der Waals surface area (Å²) >= 11 is 0. The van der Waals surface area contributed by atoms with Crippen LogP contribution in [0.3, 0.4) is 0 Å². The fraction of sp³-hybridized carbons (Fsp3) is 0.286. The number of benzene rings is 3. The van der Waals surface area contributed by atoms with Crippen molar-refractivity contribution in [3.63, 3.8) is 0 Å². The first-order valence-corrected chi connectivity index (χ1v) is 10.8. The number of unbranched alkanes of at least 4 members (excludes halogenated alkanes) is 3. The second-order valence-electron chi connectivity index (χ2n) is 7.59. The molecule has 30 heavy (non-hydrogen) atoms. The fourth-order valence-corrected chi connectivity index (χ4v) is 3.86. The molecule has 0 radical (unpaired) electrons. The molecule has 2 nitrogen and oxygen atoms in total. The van der Waals surface area contributed by atoms with Gasteiger partial charge in [-0.05, 0) is 18.6 Å². The van der Waals surface area contributed by atoms with Crippen LogP contribution in [0.5, 0.6) is 5.75 Å². The molecule has 0 aliphatic rings. The van der Waals surface area contributed by atoms with Crippen LogP contribution in [0.4, 0.5) is 0 Å². The molecule has 0 fully saturated rings. The summed E-state index contributed by atoms with van der Waals surface area (Å²) in [5, 5.41) is 0. The lowest BCUT2D eigenvalue weighted by atomic mass is 9.80. The summed E-state index contributed by atoms with van der Waals surface area (Å²) in [5.74, 6) is 1.64. The number of methoxy groups -OCH3 is 1. The van der Waals surface area contributed by atoms with Crippen LogP contribution in [-0.4, -0.2) is 7.11 Å². The Labute approximate surface area is 181 Å². The first kappa shape index (κ1) is 21.7. The second kappa shape index (κ2) is 10.7. The summed E-state index contributed by atoms with van der Waals surface area (Å²) in [5.41, 5.74) is 2.44. The molecule has 0 unspecified atom stereocenters. The third-order valence-corrected chi connectivity index (χ3v) is 5.46. The smallest absolute Gasteiger partial charge is 0.184 e. The Morgan fingerprint density at radius 2 is 1.27 bits per heavy atom. The Hall–Kier alpha value is -3.00. The monoisotopic (exact) mass is 400 g/mol. The summed E-state index contributed by atoms with van der Waals surface area (Å²) in [6.07, 6.45) is 5.61. The van der Waals surface area contributed by atoms with E-state index < -0.39 is 5.60 Å². The molecule has 0 heterocycles. The van der Waals surface area contributed by atoms with E-state index in [9.17, 15) is 0 Å². The van der Waals surface area contributed by atoms with Gasteiger partial charge in [-0.15, -0.1) is 0 Å². The predicted molar refractivity (Wildman–Crippen MR) is 125 cm³/mol. The molecular formula is C28H32O2. The normalized spacial score (nSPS) is 11.1. The molecule has 0 aromatic heterocycles. The van der Waals surface area contributed by atoms with Crippen LogP contribution in [-0.2, 0) is 10.3 Å². The van der Waals surface area contributed by atoms with Gasteiger partial charge in [0.25, 0.3) is 0 Å². The maximum Gasteiger partial charge on any atom is 0.184 e. The Kier molecular flexibility index (Phi) is 7.73. The minimum absolute atomic E-state index is 0.767. The van der Waals surface area contributed by atoms with E-state index in [1.807, 2.05) is 24.3 Å². The fourth-order valence-electron chi connectivity index (χ4n) is 3.86. The third-order valence-electron chi connectivity index (χ3n) is 5.46. The molecule has 0 spiro atoms. The molecule has 0 amide bonds. The van der Waals surface area contributed by atoms with Crippen molar-refractivity contribution < 1.29 is 9.47 Å². The number of hydrogen-bond donors (Lipinski definition) is 0. The first-order chi connectivity index (χ1) is 14.7. The van der Waals surface area contributed by atoms with E-state index in [4.69, 9.17) is 9.47 Å². The highest BCUT2D eigenvalue weighted by Crippen LogP contribution is 2.42. The maximum atomic E-state index is 6.81. The van der Waals surface area contributed by atoms with Gasteiger partial charge < -0.3 is 9.47 Å². The van der Waals surface area contributed by atoms with Crippen LogP contribution < -0.4 is 4.74 Å². The molecule has 0 aliphatic carbocycles. The highest BCUT2D eigenvalue weighted by atomic mass is 16.5. The zero-order valence-corrected chi connectivity index (χ0v) is 18.1. The first-order valence-electron chi connectivity index (χ1n) is 10.8. The predicted octanol–water partition coefficient (Wildman–Crippen LogP) is 7.49. The molecule has 3 rings (SSSR count). The van der Waals surface area contributed by atoms with Crippen molar-refractivity contribution in [1.82, 2.24) is 0 Å². The van der Waals surface area contributed by atoms with Crippen molar-refractivity contribution in [3.8, 4) is 5.75 Å². The Bertz CT molecular complexity index is 859. The van der Waals surface area contributed by atoms with Gasteiger partial charge >= 0.3 is 0 Å². The van der Waals surface area contributed by atoms with E-state index in [-0.39, 0.29) is 0 Å². The minimum atomic E-state index is -0.767. The zero-order chi connectivity index (χ0) is 21.2. The Morgan fingerprint density at radius 1 is 0.733 bits per heavy atom. The van der Waals surface area contributed by atoms with Gasteiger partial charge in [-0.2, -0.15) is 0 Å². The SMILES string of the molecule is C=C(CCCCCC)OC(c1ccccc1)(c1ccccc1)c1ccc(OC)cc1. The average Bonchev–Trinajstić information content (AvgIpc) is 2.81. The molecule has 0 N–H and O–H groups in total. The standard InChI is InChI=1S/C28H32O2/c1-4-5-6-9-14-23(2)30-28(24-15-10-7-11-16-24,25-17-12-8-13-18-25)26-19-21-27(29-3)22-20-26/h7-8,10-13,15-22H,2,4-6,9,14H2,1,3H3. The van der Waals surface area contributed by atoms with Gasteiger partial charge in [-0.1, -0.05) is 106 Å². The van der Waals surface area contributed by atoms with Crippen molar-refractivity contribution in [3.05, 3.63) is 114 Å². The van der Waals surface area contributed by atoms with Crippen LogP contribution in [0, 0.1) is 0 Å². The maximum absolute atomic E-state index is 6.81. The summed E-state index contributed by atoms with van der Waals surface area (Å²) in [6.45, 7) is 6.53. The molecule has 0 atom stereocenters. The molecule has 3 aromatic rings. The molecule has 0 saturated heterocycles. The molecule has 156 valence electrons. The van der Waals surface area contributed by atoms with Crippen molar-refractivity contribution in [1.29, 1.82) is 0 Å². The number of allylic oxidation sites excluding steroid dienone is 1. The van der Waals surface area contributed by atoms with E-state index in [0.717, 1.165) is 41.0 Å². The van der Waals surface area contributed by atoms with Crippen LogP contribution in [0.1, 0.15) is 55.7 Å². The molecule has 0 saturated carbocycles. The Morgan fingerprint density at radius 3 is 1.77 bits per heavy atom.